The van der Waals surface area contributed by atoms with E-state index in [9.17, 15) is 10.1 Å². The molecule has 28 heavy (non-hydrogen) atoms. The van der Waals surface area contributed by atoms with Crippen LogP contribution in [0, 0.1) is 11.3 Å². The highest BCUT2D eigenvalue weighted by Gasteiger charge is 2.12. The Hall–Kier alpha value is -3.63. The third-order valence-electron chi connectivity index (χ3n) is 3.75. The third kappa shape index (κ3) is 4.96. The van der Waals surface area contributed by atoms with Crippen LogP contribution in [0.4, 0.5) is 5.13 Å². The van der Waals surface area contributed by atoms with E-state index < -0.39 is 5.91 Å². The number of ether oxygens (including phenoxy) is 2. The Balaban J connectivity index is 1.79. The monoisotopic (exact) mass is 391 g/mol. The van der Waals surface area contributed by atoms with Crippen molar-refractivity contribution in [2.45, 2.75) is 6.61 Å². The predicted molar refractivity (Wildman–Crippen MR) is 108 cm³/mol. The standard InChI is InChI=1S/C21H17N3O3S/c1-26-18-8-7-16(12-19(18)27-14-15-5-3-2-4-6-15)11-17(13-22)20(25)24-21-23-9-10-28-21/h2-12H,14H2,1H3,(H,23,24,25)/b17-11+. The summed E-state index contributed by atoms with van der Waals surface area (Å²) in [6, 6.07) is 16.9. The third-order valence-corrected chi connectivity index (χ3v) is 4.44. The fourth-order valence-corrected chi connectivity index (χ4v) is 2.92. The van der Waals surface area contributed by atoms with Crippen LogP contribution in [0.25, 0.3) is 6.08 Å². The molecule has 1 heterocycles. The zero-order valence-electron chi connectivity index (χ0n) is 15.1. The van der Waals surface area contributed by atoms with E-state index >= 15 is 0 Å². The maximum absolute atomic E-state index is 12.3. The lowest BCUT2D eigenvalue weighted by atomic mass is 10.1. The SMILES string of the molecule is COc1ccc(/C=C(\C#N)C(=O)Nc2nccs2)cc1OCc1ccccc1. The molecule has 1 aromatic heterocycles. The van der Waals surface area contributed by atoms with Gasteiger partial charge >= 0.3 is 0 Å². The first-order chi connectivity index (χ1) is 13.7. The summed E-state index contributed by atoms with van der Waals surface area (Å²) in [6.07, 6.45) is 3.08. The molecule has 7 heteroatoms. The van der Waals surface area contributed by atoms with E-state index in [4.69, 9.17) is 9.47 Å². The van der Waals surface area contributed by atoms with E-state index in [2.05, 4.69) is 10.3 Å². The van der Waals surface area contributed by atoms with Gasteiger partial charge in [-0.2, -0.15) is 5.26 Å². The maximum atomic E-state index is 12.3. The number of methoxy groups -OCH3 is 1. The molecule has 0 aliphatic heterocycles. The number of hydrogen-bond acceptors (Lipinski definition) is 6. The van der Waals surface area contributed by atoms with Crippen molar-refractivity contribution >= 4 is 28.5 Å². The Morgan fingerprint density at radius 1 is 1.25 bits per heavy atom. The van der Waals surface area contributed by atoms with Crippen LogP contribution in [0.3, 0.4) is 0 Å². The zero-order chi connectivity index (χ0) is 19.8. The highest BCUT2D eigenvalue weighted by atomic mass is 32.1. The highest BCUT2D eigenvalue weighted by molar-refractivity contribution is 7.13. The Bertz CT molecular complexity index is 1010. The molecular formula is C21H17N3O3S. The van der Waals surface area contributed by atoms with Crippen LogP contribution in [-0.4, -0.2) is 18.0 Å². The summed E-state index contributed by atoms with van der Waals surface area (Å²) >= 11 is 1.28. The summed E-state index contributed by atoms with van der Waals surface area (Å²) in [5, 5.41) is 14.1. The van der Waals surface area contributed by atoms with Gasteiger partial charge in [-0.1, -0.05) is 36.4 Å². The van der Waals surface area contributed by atoms with Crippen molar-refractivity contribution in [3.8, 4) is 17.6 Å². The van der Waals surface area contributed by atoms with Gasteiger partial charge in [0.15, 0.2) is 16.6 Å². The molecule has 2 aromatic carbocycles. The molecule has 0 aliphatic rings. The molecule has 0 saturated heterocycles. The summed E-state index contributed by atoms with van der Waals surface area (Å²) in [5.74, 6) is 0.580. The number of benzene rings is 2. The first-order valence-corrected chi connectivity index (χ1v) is 9.25. The van der Waals surface area contributed by atoms with Gasteiger partial charge in [0, 0.05) is 11.6 Å². The second-order valence-electron chi connectivity index (χ2n) is 5.65. The van der Waals surface area contributed by atoms with Crippen LogP contribution in [0.1, 0.15) is 11.1 Å². The van der Waals surface area contributed by atoms with Gasteiger partial charge in [0.1, 0.15) is 18.2 Å². The topological polar surface area (TPSA) is 84.2 Å². The molecule has 6 nitrogen and oxygen atoms in total. The molecule has 140 valence electrons. The minimum absolute atomic E-state index is 0.0330. The highest BCUT2D eigenvalue weighted by Crippen LogP contribution is 2.30. The lowest BCUT2D eigenvalue weighted by molar-refractivity contribution is -0.112. The van der Waals surface area contributed by atoms with Crippen molar-refractivity contribution in [1.29, 1.82) is 5.26 Å². The molecule has 0 atom stereocenters. The lowest BCUT2D eigenvalue weighted by Gasteiger charge is -2.11. The molecule has 0 fully saturated rings. The number of thiazole rings is 1. The fourth-order valence-electron chi connectivity index (χ4n) is 2.40. The summed E-state index contributed by atoms with van der Waals surface area (Å²) in [6.45, 7) is 0.375. The number of aromatic nitrogens is 1. The second kappa shape index (κ2) is 9.35. The summed E-state index contributed by atoms with van der Waals surface area (Å²) < 4.78 is 11.2. The Morgan fingerprint density at radius 3 is 2.75 bits per heavy atom. The van der Waals surface area contributed by atoms with Gasteiger partial charge in [0.2, 0.25) is 0 Å². The van der Waals surface area contributed by atoms with Crippen LogP contribution in [0.15, 0.2) is 65.7 Å². The molecule has 1 amide bonds. The fraction of sp³-hybridized carbons (Fsp3) is 0.0952. The Labute approximate surface area is 166 Å². The number of nitrogens with zero attached hydrogens (tertiary/aromatic N) is 2. The number of amides is 1. The van der Waals surface area contributed by atoms with E-state index in [0.29, 0.717) is 28.8 Å². The van der Waals surface area contributed by atoms with Crippen LogP contribution in [-0.2, 0) is 11.4 Å². The van der Waals surface area contributed by atoms with Gasteiger partial charge in [-0.25, -0.2) is 4.98 Å². The Morgan fingerprint density at radius 2 is 2.07 bits per heavy atom. The van der Waals surface area contributed by atoms with E-state index in [0.717, 1.165) is 5.56 Å². The van der Waals surface area contributed by atoms with Crippen LogP contribution >= 0.6 is 11.3 Å². The molecule has 1 N–H and O–H groups in total. The van der Waals surface area contributed by atoms with Crippen LogP contribution < -0.4 is 14.8 Å². The van der Waals surface area contributed by atoms with Gasteiger partial charge in [-0.3, -0.25) is 10.1 Å². The minimum atomic E-state index is -0.514. The quantitative estimate of drug-likeness (QED) is 0.480. The molecule has 0 spiro atoms. The molecule has 0 unspecified atom stereocenters. The first kappa shape index (κ1) is 19.1. The van der Waals surface area contributed by atoms with Crippen molar-refractivity contribution in [2.75, 3.05) is 12.4 Å². The number of nitrogens with one attached hydrogen (secondary N) is 1. The van der Waals surface area contributed by atoms with Crippen molar-refractivity contribution in [3.63, 3.8) is 0 Å². The molecule has 0 bridgehead atoms. The normalized spacial score (nSPS) is 10.8. The Kier molecular flexibility index (Phi) is 6.39. The maximum Gasteiger partial charge on any atom is 0.268 e. The van der Waals surface area contributed by atoms with Gasteiger partial charge in [0.05, 0.1) is 7.11 Å². The molecule has 3 aromatic rings. The number of anilines is 1. The van der Waals surface area contributed by atoms with E-state index in [1.807, 2.05) is 36.4 Å². The average Bonchev–Trinajstić information content (AvgIpc) is 3.24. The van der Waals surface area contributed by atoms with Crippen molar-refractivity contribution in [3.05, 3.63) is 76.8 Å². The minimum Gasteiger partial charge on any atom is -0.493 e. The largest absolute Gasteiger partial charge is 0.493 e. The number of rotatable bonds is 7. The number of carbonyl (C=O) groups is 1. The van der Waals surface area contributed by atoms with Crippen molar-refractivity contribution in [1.82, 2.24) is 4.98 Å². The van der Waals surface area contributed by atoms with E-state index in [-0.39, 0.29) is 5.57 Å². The molecule has 0 saturated carbocycles. The van der Waals surface area contributed by atoms with Gasteiger partial charge < -0.3 is 9.47 Å². The first-order valence-electron chi connectivity index (χ1n) is 8.37. The van der Waals surface area contributed by atoms with E-state index in [1.165, 1.54) is 17.4 Å². The number of nitriles is 1. The lowest BCUT2D eigenvalue weighted by Crippen LogP contribution is -2.13. The number of carbonyl (C=O) groups excluding carboxylic acids is 1. The summed E-state index contributed by atoms with van der Waals surface area (Å²) in [7, 11) is 1.56. The smallest absolute Gasteiger partial charge is 0.268 e. The van der Waals surface area contributed by atoms with Gasteiger partial charge in [-0.15, -0.1) is 11.3 Å². The summed E-state index contributed by atoms with van der Waals surface area (Å²) in [4.78, 5) is 16.3. The van der Waals surface area contributed by atoms with E-state index in [1.54, 1.807) is 36.9 Å². The van der Waals surface area contributed by atoms with Crippen molar-refractivity contribution in [2.24, 2.45) is 0 Å². The van der Waals surface area contributed by atoms with Crippen LogP contribution in [0.2, 0.25) is 0 Å². The zero-order valence-corrected chi connectivity index (χ0v) is 15.9. The van der Waals surface area contributed by atoms with Crippen LogP contribution in [0.5, 0.6) is 11.5 Å². The molecule has 3 rings (SSSR count). The average molecular weight is 391 g/mol. The second-order valence-corrected chi connectivity index (χ2v) is 6.54. The van der Waals surface area contributed by atoms with Gasteiger partial charge in [0.25, 0.3) is 5.91 Å². The van der Waals surface area contributed by atoms with Gasteiger partial charge in [-0.05, 0) is 29.3 Å². The summed E-state index contributed by atoms with van der Waals surface area (Å²) in [5.41, 5.74) is 1.63. The molecular weight excluding hydrogens is 374 g/mol. The number of hydrogen-bond donors (Lipinski definition) is 1. The van der Waals surface area contributed by atoms with Crippen molar-refractivity contribution < 1.29 is 14.3 Å². The predicted octanol–water partition coefficient (Wildman–Crippen LogP) is 4.28. The molecule has 0 aliphatic carbocycles. The molecule has 0 radical (unpaired) electrons.